The van der Waals surface area contributed by atoms with Crippen molar-refractivity contribution in [1.82, 2.24) is 34.4 Å². The Kier molecular flexibility index (Phi) is 4.90. The fourth-order valence-corrected chi connectivity index (χ4v) is 3.65. The number of hydrogen-bond acceptors (Lipinski definition) is 8. The molecule has 2 atom stereocenters. The number of rotatable bonds is 5. The maximum Gasteiger partial charge on any atom is 0.408 e. The van der Waals surface area contributed by atoms with E-state index in [2.05, 4.69) is 30.2 Å². The van der Waals surface area contributed by atoms with Crippen molar-refractivity contribution in [3.05, 3.63) is 24.5 Å². The Morgan fingerprint density at radius 2 is 1.93 bits per heavy atom. The summed E-state index contributed by atoms with van der Waals surface area (Å²) in [5, 5.41) is 21.8. The third-order valence-electron chi connectivity index (χ3n) is 5.06. The zero-order valence-corrected chi connectivity index (χ0v) is 16.3. The molecule has 1 saturated heterocycles. The van der Waals surface area contributed by atoms with Crippen LogP contribution in [0.2, 0.25) is 0 Å². The predicted molar refractivity (Wildman–Crippen MR) is 105 cm³/mol. The van der Waals surface area contributed by atoms with Crippen LogP contribution >= 0.6 is 0 Å². The van der Waals surface area contributed by atoms with E-state index in [0.717, 1.165) is 10.5 Å². The number of aryl methyl sites for hydroxylation is 2. The Hall–Kier alpha value is -3.83. The number of carboxylic acid groups (broad SMARTS) is 2. The Morgan fingerprint density at radius 1 is 1.20 bits per heavy atom. The Morgan fingerprint density at radius 3 is 2.53 bits per heavy atom. The van der Waals surface area contributed by atoms with Gasteiger partial charge in [0.15, 0.2) is 17.0 Å². The third kappa shape index (κ3) is 3.36. The van der Waals surface area contributed by atoms with Crippen molar-refractivity contribution in [1.29, 1.82) is 0 Å². The highest BCUT2D eigenvalue weighted by molar-refractivity contribution is 5.86. The second-order valence-electron chi connectivity index (χ2n) is 6.96. The van der Waals surface area contributed by atoms with Crippen LogP contribution in [0.15, 0.2) is 18.7 Å². The molecule has 0 spiro atoms. The van der Waals surface area contributed by atoms with Gasteiger partial charge in [-0.3, -0.25) is 4.90 Å². The summed E-state index contributed by atoms with van der Waals surface area (Å²) in [5.74, 6) is 0.532. The summed E-state index contributed by atoms with van der Waals surface area (Å²) in [5.41, 5.74) is 1.85. The first-order chi connectivity index (χ1) is 14.4. The number of aromatic nitrogens is 6. The lowest BCUT2D eigenvalue weighted by molar-refractivity contribution is -0.141. The minimum Gasteiger partial charge on any atom is -0.480 e. The molecule has 4 heterocycles. The highest BCUT2D eigenvalue weighted by atomic mass is 16.4. The largest absolute Gasteiger partial charge is 0.480 e. The van der Waals surface area contributed by atoms with Crippen molar-refractivity contribution < 1.29 is 19.8 Å². The van der Waals surface area contributed by atoms with Crippen molar-refractivity contribution in [2.75, 3.05) is 11.9 Å². The van der Waals surface area contributed by atoms with E-state index in [1.54, 1.807) is 19.3 Å². The number of amides is 1. The molecule has 30 heavy (non-hydrogen) atoms. The number of carbonyl (C=O) groups is 2. The first-order valence-electron chi connectivity index (χ1n) is 9.38. The van der Waals surface area contributed by atoms with Gasteiger partial charge in [0.25, 0.3) is 0 Å². The average molecular weight is 412 g/mol. The van der Waals surface area contributed by atoms with E-state index >= 15 is 0 Å². The molecule has 0 unspecified atom stereocenters. The van der Waals surface area contributed by atoms with Crippen LogP contribution in [-0.2, 0) is 11.3 Å². The molecule has 0 saturated carbocycles. The summed E-state index contributed by atoms with van der Waals surface area (Å²) >= 11 is 0. The molecule has 156 valence electrons. The number of aliphatic carboxylic acids is 1. The third-order valence-corrected chi connectivity index (χ3v) is 5.06. The van der Waals surface area contributed by atoms with Gasteiger partial charge >= 0.3 is 12.1 Å². The van der Waals surface area contributed by atoms with Crippen LogP contribution in [-0.4, -0.2) is 75.3 Å². The molecule has 3 aromatic heterocycles. The van der Waals surface area contributed by atoms with Crippen LogP contribution in [0.4, 0.5) is 10.6 Å². The van der Waals surface area contributed by atoms with Crippen LogP contribution in [0.3, 0.4) is 0 Å². The van der Waals surface area contributed by atoms with Gasteiger partial charge in [0.2, 0.25) is 0 Å². The van der Waals surface area contributed by atoms with Gasteiger partial charge in [0, 0.05) is 37.9 Å². The monoisotopic (exact) mass is 412 g/mol. The number of carboxylic acids is 1. The molecule has 1 aliphatic heterocycles. The molecule has 0 radical (unpaired) electrons. The molecule has 1 amide bonds. The first kappa shape index (κ1) is 19.5. The zero-order valence-electron chi connectivity index (χ0n) is 16.3. The molecule has 1 fully saturated rings. The van der Waals surface area contributed by atoms with Gasteiger partial charge in [-0.25, -0.2) is 34.5 Å². The molecule has 0 bridgehead atoms. The number of anilines is 1. The fraction of sp³-hybridized carbons (Fsp3) is 0.389. The maximum absolute atomic E-state index is 11.4. The Balaban J connectivity index is 1.70. The van der Waals surface area contributed by atoms with Crippen molar-refractivity contribution in [3.8, 4) is 11.4 Å². The standard InChI is InChI=1S/C18H20N8O4/c1-3-25-15(10-5-19-9(2)20-6-10)24-13-14(21-8-22-16(13)25)23-11-4-12(17(27)28)26(7-11)18(29)30/h5-6,8,11-12H,3-4,7H2,1-2H3,(H,27,28)(H,29,30)(H,21,22,23)/t11-,12-/m0/s1. The van der Waals surface area contributed by atoms with Crippen molar-refractivity contribution in [3.63, 3.8) is 0 Å². The quantitative estimate of drug-likeness (QED) is 0.556. The van der Waals surface area contributed by atoms with Crippen LogP contribution in [0, 0.1) is 6.92 Å². The number of imidazole rings is 1. The molecule has 12 nitrogen and oxygen atoms in total. The molecule has 0 aliphatic carbocycles. The van der Waals surface area contributed by atoms with Crippen LogP contribution in [0.5, 0.6) is 0 Å². The minimum atomic E-state index is -1.27. The molecular formula is C18H20N8O4. The summed E-state index contributed by atoms with van der Waals surface area (Å²) in [7, 11) is 0. The van der Waals surface area contributed by atoms with Gasteiger partial charge in [-0.05, 0) is 13.8 Å². The molecule has 1 aliphatic rings. The van der Waals surface area contributed by atoms with Gasteiger partial charge < -0.3 is 20.1 Å². The van der Waals surface area contributed by atoms with Gasteiger partial charge in [0.05, 0.1) is 5.56 Å². The zero-order chi connectivity index (χ0) is 21.4. The van der Waals surface area contributed by atoms with Gasteiger partial charge in [-0.1, -0.05) is 0 Å². The second-order valence-corrected chi connectivity index (χ2v) is 6.96. The summed E-state index contributed by atoms with van der Waals surface area (Å²) in [6.45, 7) is 4.40. The van der Waals surface area contributed by atoms with Crippen LogP contribution in [0.25, 0.3) is 22.6 Å². The summed E-state index contributed by atoms with van der Waals surface area (Å²) in [6, 6.07) is -1.52. The molecular weight excluding hydrogens is 392 g/mol. The van der Waals surface area contributed by atoms with E-state index in [9.17, 15) is 19.8 Å². The molecule has 3 N–H and O–H groups in total. The van der Waals surface area contributed by atoms with E-state index < -0.39 is 24.1 Å². The summed E-state index contributed by atoms with van der Waals surface area (Å²) < 4.78 is 1.91. The van der Waals surface area contributed by atoms with Crippen LogP contribution < -0.4 is 5.32 Å². The normalized spacial score (nSPS) is 18.7. The van der Waals surface area contributed by atoms with Crippen molar-refractivity contribution in [2.24, 2.45) is 0 Å². The van der Waals surface area contributed by atoms with E-state index in [-0.39, 0.29) is 13.0 Å². The Labute approximate surface area is 170 Å². The lowest BCUT2D eigenvalue weighted by Crippen LogP contribution is -2.39. The van der Waals surface area contributed by atoms with E-state index in [0.29, 0.717) is 35.2 Å². The van der Waals surface area contributed by atoms with Crippen LogP contribution in [0.1, 0.15) is 19.2 Å². The predicted octanol–water partition coefficient (Wildman–Crippen LogP) is 1.23. The number of fused-ring (bicyclic) bond motifs is 1. The summed E-state index contributed by atoms with van der Waals surface area (Å²) in [4.78, 5) is 45.4. The Bertz CT molecular complexity index is 1090. The fourth-order valence-electron chi connectivity index (χ4n) is 3.65. The molecule has 0 aromatic carbocycles. The lowest BCUT2D eigenvalue weighted by Gasteiger charge is -2.16. The van der Waals surface area contributed by atoms with E-state index in [1.165, 1.54) is 6.33 Å². The summed E-state index contributed by atoms with van der Waals surface area (Å²) in [6.07, 6.45) is 3.63. The van der Waals surface area contributed by atoms with Gasteiger partial charge in [-0.2, -0.15) is 0 Å². The number of likely N-dealkylation sites (tertiary alicyclic amines) is 1. The smallest absolute Gasteiger partial charge is 0.408 e. The van der Waals surface area contributed by atoms with E-state index in [1.807, 2.05) is 11.5 Å². The highest BCUT2D eigenvalue weighted by Crippen LogP contribution is 2.28. The first-order valence-corrected chi connectivity index (χ1v) is 9.38. The SMILES string of the molecule is CCn1c(-c2cnc(C)nc2)nc2c(N[C@H]3C[C@@H](C(=O)O)N(C(=O)O)C3)ncnc21. The average Bonchev–Trinajstić information content (AvgIpc) is 3.31. The van der Waals surface area contributed by atoms with Gasteiger partial charge in [-0.15, -0.1) is 0 Å². The molecule has 3 aromatic rings. The second kappa shape index (κ2) is 7.54. The number of nitrogens with zero attached hydrogens (tertiary/aromatic N) is 7. The number of nitrogens with one attached hydrogen (secondary N) is 1. The van der Waals surface area contributed by atoms with Gasteiger partial charge in [0.1, 0.15) is 24.0 Å². The highest BCUT2D eigenvalue weighted by Gasteiger charge is 2.40. The number of hydrogen-bond donors (Lipinski definition) is 3. The minimum absolute atomic E-state index is 0.0327. The van der Waals surface area contributed by atoms with E-state index in [4.69, 9.17) is 0 Å². The molecule has 4 rings (SSSR count). The topological polar surface area (TPSA) is 159 Å². The maximum atomic E-state index is 11.4. The molecule has 12 heteroatoms. The van der Waals surface area contributed by atoms with Crippen molar-refractivity contribution in [2.45, 2.75) is 38.9 Å². The lowest BCUT2D eigenvalue weighted by atomic mass is 10.1. The van der Waals surface area contributed by atoms with Crippen molar-refractivity contribution >= 4 is 29.0 Å².